The number of methoxy groups -OCH3 is 1. The average Bonchev–Trinajstić information content (AvgIpc) is 2.48. The Bertz CT molecular complexity index is 459. The van der Waals surface area contributed by atoms with E-state index in [0.717, 1.165) is 11.3 Å². The minimum Gasteiger partial charge on any atom is -0.497 e. The summed E-state index contributed by atoms with van der Waals surface area (Å²) in [5.41, 5.74) is 0.993. The average molecular weight is 277 g/mol. The monoisotopic (exact) mass is 277 g/mol. The third-order valence-corrected chi connectivity index (χ3v) is 3.33. The smallest absolute Gasteiger partial charge is 0.248 e. The Hall–Kier alpha value is -1.88. The van der Waals surface area contributed by atoms with Crippen molar-refractivity contribution < 1.29 is 19.1 Å². The van der Waals surface area contributed by atoms with Crippen LogP contribution in [0.15, 0.2) is 24.3 Å². The molecule has 0 N–H and O–H groups in total. The number of hydrogen-bond acceptors (Lipinski definition) is 4. The van der Waals surface area contributed by atoms with Gasteiger partial charge >= 0.3 is 0 Å². The molecule has 0 saturated carbocycles. The Balaban J connectivity index is 1.72. The molecule has 5 heteroatoms. The van der Waals surface area contributed by atoms with Crippen LogP contribution in [0.4, 0.5) is 0 Å². The summed E-state index contributed by atoms with van der Waals surface area (Å²) in [4.78, 5) is 24.7. The highest BCUT2D eigenvalue weighted by molar-refractivity contribution is 5.83. The zero-order chi connectivity index (χ0) is 14.4. The van der Waals surface area contributed by atoms with Crippen LogP contribution >= 0.6 is 0 Å². The topological polar surface area (TPSA) is 55.8 Å². The van der Waals surface area contributed by atoms with Crippen LogP contribution in [0.3, 0.4) is 0 Å². The van der Waals surface area contributed by atoms with Crippen molar-refractivity contribution in [1.82, 2.24) is 4.90 Å². The highest BCUT2D eigenvalue weighted by Gasteiger charge is 2.20. The van der Waals surface area contributed by atoms with Crippen molar-refractivity contribution >= 4 is 11.7 Å². The molecule has 1 aliphatic heterocycles. The molecule has 0 aliphatic carbocycles. The highest BCUT2D eigenvalue weighted by Crippen LogP contribution is 2.12. The van der Waals surface area contributed by atoms with Crippen LogP contribution in [0.2, 0.25) is 0 Å². The predicted octanol–water partition coefficient (Wildman–Crippen LogP) is 1.40. The fourth-order valence-corrected chi connectivity index (χ4v) is 2.07. The van der Waals surface area contributed by atoms with E-state index in [2.05, 4.69) is 0 Å². The normalized spacial score (nSPS) is 15.2. The summed E-state index contributed by atoms with van der Waals surface area (Å²) in [6, 6.07) is 7.53. The van der Waals surface area contributed by atoms with E-state index >= 15 is 0 Å². The molecule has 1 fully saturated rings. The molecule has 1 saturated heterocycles. The van der Waals surface area contributed by atoms with Gasteiger partial charge in [0.05, 0.1) is 13.7 Å². The zero-order valence-electron chi connectivity index (χ0n) is 11.6. The van der Waals surface area contributed by atoms with Crippen molar-refractivity contribution in [3.63, 3.8) is 0 Å². The molecule has 1 aromatic rings. The molecule has 20 heavy (non-hydrogen) atoms. The summed E-state index contributed by atoms with van der Waals surface area (Å²) >= 11 is 0. The highest BCUT2D eigenvalue weighted by atomic mass is 16.5. The summed E-state index contributed by atoms with van der Waals surface area (Å²) in [6.45, 7) is 1.48. The van der Waals surface area contributed by atoms with Gasteiger partial charge in [0, 0.05) is 25.9 Å². The Morgan fingerprint density at radius 2 is 1.85 bits per heavy atom. The van der Waals surface area contributed by atoms with Crippen molar-refractivity contribution in [2.75, 3.05) is 26.8 Å². The largest absolute Gasteiger partial charge is 0.497 e. The number of ketones is 1. The quantitative estimate of drug-likeness (QED) is 0.816. The number of ether oxygens (including phenoxy) is 2. The van der Waals surface area contributed by atoms with Gasteiger partial charge in [0.25, 0.3) is 0 Å². The van der Waals surface area contributed by atoms with Gasteiger partial charge < -0.3 is 14.4 Å². The van der Waals surface area contributed by atoms with E-state index in [9.17, 15) is 9.59 Å². The fraction of sp³-hybridized carbons (Fsp3) is 0.467. The lowest BCUT2D eigenvalue weighted by molar-refractivity contribution is -0.139. The van der Waals surface area contributed by atoms with Crippen LogP contribution in [-0.2, 0) is 20.9 Å². The Labute approximate surface area is 118 Å². The van der Waals surface area contributed by atoms with Crippen molar-refractivity contribution in [2.24, 2.45) is 0 Å². The summed E-state index contributed by atoms with van der Waals surface area (Å²) in [5.74, 6) is 0.974. The van der Waals surface area contributed by atoms with Gasteiger partial charge in [0.1, 0.15) is 18.1 Å². The van der Waals surface area contributed by atoms with Crippen LogP contribution in [0.25, 0.3) is 0 Å². The summed E-state index contributed by atoms with van der Waals surface area (Å²) in [7, 11) is 1.62. The van der Waals surface area contributed by atoms with Crippen LogP contribution < -0.4 is 4.74 Å². The number of amides is 1. The van der Waals surface area contributed by atoms with Crippen molar-refractivity contribution in [3.8, 4) is 5.75 Å². The van der Waals surface area contributed by atoms with Crippen molar-refractivity contribution in [1.29, 1.82) is 0 Å². The van der Waals surface area contributed by atoms with Crippen LogP contribution in [-0.4, -0.2) is 43.4 Å². The molecule has 5 nitrogen and oxygen atoms in total. The number of likely N-dealkylation sites (tertiary alicyclic amines) is 1. The van der Waals surface area contributed by atoms with Gasteiger partial charge in [-0.2, -0.15) is 0 Å². The maximum atomic E-state index is 11.9. The standard InChI is InChI=1S/C15H19NO4/c1-19-14-4-2-12(3-5-14)10-20-11-15(18)16-8-6-13(17)7-9-16/h2-5H,6-11H2,1H3. The van der Waals surface area contributed by atoms with Gasteiger partial charge in [-0.25, -0.2) is 0 Å². The first-order valence-electron chi connectivity index (χ1n) is 6.69. The minimum absolute atomic E-state index is 0.0500. The number of Topliss-reactive ketones (excluding diaryl/α,β-unsaturated/α-hetero) is 1. The second-order valence-electron chi connectivity index (χ2n) is 4.76. The van der Waals surface area contributed by atoms with Crippen molar-refractivity contribution in [3.05, 3.63) is 29.8 Å². The summed E-state index contributed by atoms with van der Waals surface area (Å²) in [5, 5.41) is 0. The maximum Gasteiger partial charge on any atom is 0.248 e. The molecule has 0 atom stereocenters. The summed E-state index contributed by atoms with van der Waals surface area (Å²) < 4.78 is 10.5. The second-order valence-corrected chi connectivity index (χ2v) is 4.76. The Kier molecular flexibility index (Phi) is 5.12. The van der Waals surface area contributed by atoms with E-state index in [4.69, 9.17) is 9.47 Å². The van der Waals surface area contributed by atoms with Gasteiger partial charge in [-0.15, -0.1) is 0 Å². The molecule has 108 valence electrons. The van der Waals surface area contributed by atoms with Crippen LogP contribution in [0.1, 0.15) is 18.4 Å². The first kappa shape index (κ1) is 14.5. The number of carbonyl (C=O) groups is 2. The second kappa shape index (κ2) is 7.05. The number of hydrogen-bond donors (Lipinski definition) is 0. The Morgan fingerprint density at radius 3 is 2.45 bits per heavy atom. The minimum atomic E-state index is -0.0500. The predicted molar refractivity (Wildman–Crippen MR) is 73.5 cm³/mol. The molecule has 2 rings (SSSR count). The third kappa shape index (κ3) is 4.06. The molecular formula is C15H19NO4. The Morgan fingerprint density at radius 1 is 1.20 bits per heavy atom. The number of rotatable bonds is 5. The lowest BCUT2D eigenvalue weighted by atomic mass is 10.1. The van der Waals surface area contributed by atoms with E-state index in [-0.39, 0.29) is 18.3 Å². The molecule has 0 bridgehead atoms. The van der Waals surface area contributed by atoms with Crippen LogP contribution in [0.5, 0.6) is 5.75 Å². The zero-order valence-corrected chi connectivity index (χ0v) is 11.6. The van der Waals surface area contributed by atoms with E-state index in [1.165, 1.54) is 0 Å². The van der Waals surface area contributed by atoms with Gasteiger partial charge in [-0.1, -0.05) is 12.1 Å². The third-order valence-electron chi connectivity index (χ3n) is 3.33. The molecule has 0 unspecified atom stereocenters. The molecule has 1 amide bonds. The lowest BCUT2D eigenvalue weighted by Crippen LogP contribution is -2.40. The van der Waals surface area contributed by atoms with E-state index < -0.39 is 0 Å². The first-order chi connectivity index (χ1) is 9.69. The number of carbonyl (C=O) groups excluding carboxylic acids is 2. The number of benzene rings is 1. The molecule has 1 heterocycles. The van der Waals surface area contributed by atoms with Gasteiger partial charge in [0.2, 0.25) is 5.91 Å². The number of piperidine rings is 1. The van der Waals surface area contributed by atoms with E-state index in [0.29, 0.717) is 32.5 Å². The first-order valence-corrected chi connectivity index (χ1v) is 6.69. The molecule has 1 aromatic carbocycles. The maximum absolute atomic E-state index is 11.9. The SMILES string of the molecule is COc1ccc(COCC(=O)N2CCC(=O)CC2)cc1. The van der Waals surface area contributed by atoms with Gasteiger partial charge in [-0.05, 0) is 17.7 Å². The molecule has 0 radical (unpaired) electrons. The molecular weight excluding hydrogens is 258 g/mol. The lowest BCUT2D eigenvalue weighted by Gasteiger charge is -2.25. The van der Waals surface area contributed by atoms with Gasteiger partial charge in [0.15, 0.2) is 0 Å². The van der Waals surface area contributed by atoms with Crippen LogP contribution in [0, 0.1) is 0 Å². The molecule has 0 aromatic heterocycles. The summed E-state index contributed by atoms with van der Waals surface area (Å²) in [6.07, 6.45) is 0.925. The number of nitrogens with zero attached hydrogens (tertiary/aromatic N) is 1. The van der Waals surface area contributed by atoms with Crippen molar-refractivity contribution in [2.45, 2.75) is 19.4 Å². The molecule has 0 spiro atoms. The molecule has 1 aliphatic rings. The van der Waals surface area contributed by atoms with E-state index in [1.807, 2.05) is 24.3 Å². The van der Waals surface area contributed by atoms with Gasteiger partial charge in [-0.3, -0.25) is 9.59 Å². The van der Waals surface area contributed by atoms with E-state index in [1.54, 1.807) is 12.0 Å². The fourth-order valence-electron chi connectivity index (χ4n) is 2.07.